The van der Waals surface area contributed by atoms with Crippen molar-refractivity contribution >= 4 is 23.0 Å². The highest BCUT2D eigenvalue weighted by Crippen LogP contribution is 2.22. The summed E-state index contributed by atoms with van der Waals surface area (Å²) in [6.45, 7) is 6.96. The molecule has 0 atom stereocenters. The molecule has 17 heavy (non-hydrogen) atoms. The molecular weight excluding hydrogens is 232 g/mol. The summed E-state index contributed by atoms with van der Waals surface area (Å²) in [6, 6.07) is 2.20. The molecule has 4 nitrogen and oxygen atoms in total. The molecule has 0 spiro atoms. The maximum Gasteiger partial charge on any atom is 0.134 e. The smallest absolute Gasteiger partial charge is 0.134 e. The molecule has 0 aliphatic heterocycles. The average molecular weight is 248 g/mol. The highest BCUT2D eigenvalue weighted by atomic mass is 32.1. The van der Waals surface area contributed by atoms with Crippen LogP contribution in [-0.2, 0) is 6.54 Å². The minimum atomic E-state index is 0.529. The molecule has 0 aliphatic carbocycles. The minimum Gasteiger partial charge on any atom is -0.383 e. The third-order valence-electron chi connectivity index (χ3n) is 2.77. The molecule has 0 aliphatic rings. The van der Waals surface area contributed by atoms with Gasteiger partial charge < -0.3 is 11.1 Å². The van der Waals surface area contributed by atoms with Gasteiger partial charge in [0.25, 0.3) is 0 Å². The average Bonchev–Trinajstić information content (AvgIpc) is 2.61. The SMILES string of the molecule is Cc1cc(CNc2ncnc(N)c2C)sc1C. The van der Waals surface area contributed by atoms with E-state index in [9.17, 15) is 0 Å². The Bertz CT molecular complexity index is 514. The van der Waals surface area contributed by atoms with Gasteiger partial charge in [-0.2, -0.15) is 0 Å². The summed E-state index contributed by atoms with van der Waals surface area (Å²) >= 11 is 1.81. The fourth-order valence-corrected chi connectivity index (χ4v) is 2.54. The number of nitrogens with one attached hydrogen (secondary N) is 1. The molecule has 90 valence electrons. The number of nitrogens with zero attached hydrogens (tertiary/aromatic N) is 2. The van der Waals surface area contributed by atoms with Crippen molar-refractivity contribution in [2.24, 2.45) is 0 Å². The zero-order chi connectivity index (χ0) is 12.4. The first-order valence-electron chi connectivity index (χ1n) is 5.44. The van der Waals surface area contributed by atoms with E-state index in [0.29, 0.717) is 5.82 Å². The standard InChI is InChI=1S/C12H16N4S/c1-7-4-10(17-9(7)3)5-14-12-8(2)11(13)15-6-16-12/h4,6H,5H2,1-3H3,(H3,13,14,15,16). The van der Waals surface area contributed by atoms with E-state index in [1.807, 2.05) is 6.92 Å². The molecule has 2 rings (SSSR count). The number of hydrogen-bond donors (Lipinski definition) is 2. The molecule has 2 aromatic rings. The lowest BCUT2D eigenvalue weighted by Crippen LogP contribution is -2.05. The highest BCUT2D eigenvalue weighted by molar-refractivity contribution is 7.12. The number of rotatable bonds is 3. The van der Waals surface area contributed by atoms with Crippen LogP contribution >= 0.6 is 11.3 Å². The molecule has 0 bridgehead atoms. The number of anilines is 2. The molecule has 3 N–H and O–H groups in total. The first-order chi connectivity index (χ1) is 8.08. The monoisotopic (exact) mass is 248 g/mol. The lowest BCUT2D eigenvalue weighted by molar-refractivity contribution is 1.08. The maximum atomic E-state index is 5.73. The van der Waals surface area contributed by atoms with E-state index in [2.05, 4.69) is 35.2 Å². The summed E-state index contributed by atoms with van der Waals surface area (Å²) < 4.78 is 0. The zero-order valence-electron chi connectivity index (χ0n) is 10.2. The van der Waals surface area contributed by atoms with Gasteiger partial charge in [-0.3, -0.25) is 0 Å². The molecule has 2 heterocycles. The van der Waals surface area contributed by atoms with Crippen LogP contribution in [-0.4, -0.2) is 9.97 Å². The zero-order valence-corrected chi connectivity index (χ0v) is 11.1. The molecule has 5 heteroatoms. The molecule has 0 unspecified atom stereocenters. The number of hydrogen-bond acceptors (Lipinski definition) is 5. The van der Waals surface area contributed by atoms with Crippen molar-refractivity contribution in [2.75, 3.05) is 11.1 Å². The van der Waals surface area contributed by atoms with Crippen LogP contribution in [0.2, 0.25) is 0 Å². The van der Waals surface area contributed by atoms with Gasteiger partial charge in [-0.05, 0) is 32.4 Å². The van der Waals surface area contributed by atoms with E-state index >= 15 is 0 Å². The van der Waals surface area contributed by atoms with Gasteiger partial charge in [0.05, 0.1) is 6.54 Å². The molecule has 0 fully saturated rings. The lowest BCUT2D eigenvalue weighted by atomic mass is 10.3. The van der Waals surface area contributed by atoms with E-state index in [1.54, 1.807) is 11.3 Å². The third kappa shape index (κ3) is 2.55. The summed E-state index contributed by atoms with van der Waals surface area (Å²) in [5.74, 6) is 1.34. The van der Waals surface area contributed by atoms with E-state index in [4.69, 9.17) is 5.73 Å². The Morgan fingerprint density at radius 3 is 2.71 bits per heavy atom. The van der Waals surface area contributed by atoms with Crippen molar-refractivity contribution in [1.29, 1.82) is 0 Å². The van der Waals surface area contributed by atoms with Gasteiger partial charge in [0.15, 0.2) is 0 Å². The van der Waals surface area contributed by atoms with Crippen LogP contribution < -0.4 is 11.1 Å². The van der Waals surface area contributed by atoms with Crippen LogP contribution in [0.4, 0.5) is 11.6 Å². The van der Waals surface area contributed by atoms with Crippen molar-refractivity contribution in [3.05, 3.63) is 33.3 Å². The van der Waals surface area contributed by atoms with Crippen molar-refractivity contribution in [3.63, 3.8) is 0 Å². The summed E-state index contributed by atoms with van der Waals surface area (Å²) in [5, 5.41) is 3.29. The number of thiophene rings is 1. The van der Waals surface area contributed by atoms with Gasteiger partial charge in [0.1, 0.15) is 18.0 Å². The minimum absolute atomic E-state index is 0.529. The summed E-state index contributed by atoms with van der Waals surface area (Å²) in [6.07, 6.45) is 1.48. The van der Waals surface area contributed by atoms with Gasteiger partial charge >= 0.3 is 0 Å². The molecular formula is C12H16N4S. The molecule has 2 aromatic heterocycles. The van der Waals surface area contributed by atoms with Gasteiger partial charge in [0, 0.05) is 15.3 Å². The Hall–Kier alpha value is -1.62. The van der Waals surface area contributed by atoms with Gasteiger partial charge in [-0.1, -0.05) is 0 Å². The molecule has 0 saturated carbocycles. The van der Waals surface area contributed by atoms with Crippen molar-refractivity contribution < 1.29 is 0 Å². The second kappa shape index (κ2) is 4.71. The van der Waals surface area contributed by atoms with Crippen molar-refractivity contribution in [3.8, 4) is 0 Å². The summed E-state index contributed by atoms with van der Waals surface area (Å²) in [5.41, 5.74) is 7.97. The fraction of sp³-hybridized carbons (Fsp3) is 0.333. The van der Waals surface area contributed by atoms with Crippen molar-refractivity contribution in [1.82, 2.24) is 9.97 Å². The van der Waals surface area contributed by atoms with Crippen LogP contribution in [0, 0.1) is 20.8 Å². The van der Waals surface area contributed by atoms with Gasteiger partial charge in [-0.15, -0.1) is 11.3 Å². The van der Waals surface area contributed by atoms with Crippen LogP contribution in [0.3, 0.4) is 0 Å². The Morgan fingerprint density at radius 2 is 2.06 bits per heavy atom. The highest BCUT2D eigenvalue weighted by Gasteiger charge is 2.05. The maximum absolute atomic E-state index is 5.73. The first-order valence-corrected chi connectivity index (χ1v) is 6.26. The van der Waals surface area contributed by atoms with Crippen LogP contribution in [0.1, 0.15) is 20.9 Å². The summed E-state index contributed by atoms with van der Waals surface area (Å²) in [4.78, 5) is 10.8. The number of nitrogen functional groups attached to an aromatic ring is 1. The van der Waals surface area contributed by atoms with Crippen molar-refractivity contribution in [2.45, 2.75) is 27.3 Å². The molecule has 0 aromatic carbocycles. The molecule has 0 saturated heterocycles. The van der Waals surface area contributed by atoms with Crippen LogP contribution in [0.25, 0.3) is 0 Å². The van der Waals surface area contributed by atoms with Gasteiger partial charge in [0.2, 0.25) is 0 Å². The van der Waals surface area contributed by atoms with Crippen LogP contribution in [0.15, 0.2) is 12.4 Å². The normalized spacial score (nSPS) is 10.5. The number of aromatic nitrogens is 2. The van der Waals surface area contributed by atoms with E-state index < -0.39 is 0 Å². The largest absolute Gasteiger partial charge is 0.383 e. The van der Waals surface area contributed by atoms with Gasteiger partial charge in [-0.25, -0.2) is 9.97 Å². The number of aryl methyl sites for hydroxylation is 2. The quantitative estimate of drug-likeness (QED) is 0.876. The number of nitrogens with two attached hydrogens (primary N) is 1. The lowest BCUT2D eigenvalue weighted by Gasteiger charge is -2.07. The first kappa shape index (κ1) is 11.9. The fourth-order valence-electron chi connectivity index (χ4n) is 1.55. The van der Waals surface area contributed by atoms with E-state index in [1.165, 1.54) is 21.6 Å². The Labute approximate surface area is 105 Å². The Morgan fingerprint density at radius 1 is 1.29 bits per heavy atom. The summed E-state index contributed by atoms with van der Waals surface area (Å²) in [7, 11) is 0. The Balaban J connectivity index is 2.10. The predicted octanol–water partition coefficient (Wildman–Crippen LogP) is 2.66. The van der Waals surface area contributed by atoms with E-state index in [0.717, 1.165) is 17.9 Å². The molecule has 0 radical (unpaired) electrons. The second-order valence-electron chi connectivity index (χ2n) is 4.04. The third-order valence-corrected chi connectivity index (χ3v) is 3.92. The topological polar surface area (TPSA) is 63.8 Å². The van der Waals surface area contributed by atoms with Crippen LogP contribution in [0.5, 0.6) is 0 Å². The Kier molecular flexibility index (Phi) is 3.28. The molecule has 0 amide bonds. The predicted molar refractivity (Wildman–Crippen MR) is 72.3 cm³/mol. The van der Waals surface area contributed by atoms with E-state index in [-0.39, 0.29) is 0 Å². The second-order valence-corrected chi connectivity index (χ2v) is 5.38.